The van der Waals surface area contributed by atoms with Gasteiger partial charge in [0, 0.05) is 6.20 Å². The summed E-state index contributed by atoms with van der Waals surface area (Å²) >= 11 is 5.86. The largest absolute Gasteiger partial charge is 0.316 e. The zero-order valence-electron chi connectivity index (χ0n) is 9.12. The Labute approximate surface area is 95.8 Å². The molecule has 4 heteroatoms. The van der Waals surface area contributed by atoms with E-state index in [1.54, 1.807) is 6.20 Å². The first kappa shape index (κ1) is 11.0. The maximum atomic E-state index is 5.86. The van der Waals surface area contributed by atoms with Crippen LogP contribution in [0, 0.1) is 5.92 Å². The summed E-state index contributed by atoms with van der Waals surface area (Å²) in [4.78, 5) is 0. The van der Waals surface area contributed by atoms with Gasteiger partial charge in [-0.1, -0.05) is 18.5 Å². The maximum Gasteiger partial charge on any atom is 0.0785 e. The molecule has 1 aliphatic rings. The first-order valence-corrected chi connectivity index (χ1v) is 6.09. The van der Waals surface area contributed by atoms with E-state index in [1.807, 2.05) is 10.9 Å². The van der Waals surface area contributed by atoms with E-state index in [-0.39, 0.29) is 0 Å². The van der Waals surface area contributed by atoms with Gasteiger partial charge in [-0.25, -0.2) is 0 Å². The summed E-state index contributed by atoms with van der Waals surface area (Å²) in [7, 11) is 0. The molecule has 0 saturated heterocycles. The fraction of sp³-hybridized carbons (Fsp3) is 0.727. The van der Waals surface area contributed by atoms with Gasteiger partial charge in [-0.15, -0.1) is 0 Å². The molecule has 0 aliphatic heterocycles. The lowest BCUT2D eigenvalue weighted by Gasteiger charge is -2.36. The van der Waals surface area contributed by atoms with Crippen molar-refractivity contribution in [3.05, 3.63) is 17.4 Å². The summed E-state index contributed by atoms with van der Waals surface area (Å²) in [5, 5.41) is 8.48. The minimum absolute atomic E-state index is 0.557. The first-order valence-electron chi connectivity index (χ1n) is 5.71. The Morgan fingerprint density at radius 2 is 2.47 bits per heavy atom. The van der Waals surface area contributed by atoms with Crippen LogP contribution in [0.3, 0.4) is 0 Å². The third kappa shape index (κ3) is 2.52. The highest BCUT2D eigenvalue weighted by Crippen LogP contribution is 2.37. The van der Waals surface area contributed by atoms with Crippen molar-refractivity contribution >= 4 is 11.6 Å². The van der Waals surface area contributed by atoms with E-state index >= 15 is 0 Å². The second-order valence-corrected chi connectivity index (χ2v) is 4.68. The minimum atomic E-state index is 0.557. The summed E-state index contributed by atoms with van der Waals surface area (Å²) in [6.07, 6.45) is 7.38. The molecule has 0 radical (unpaired) electrons. The lowest BCUT2D eigenvalue weighted by Crippen LogP contribution is -2.37. The zero-order valence-corrected chi connectivity index (χ0v) is 9.87. The Morgan fingerprint density at radius 3 is 3.00 bits per heavy atom. The molecule has 84 valence electrons. The maximum absolute atomic E-state index is 5.86. The van der Waals surface area contributed by atoms with E-state index in [9.17, 15) is 0 Å². The van der Waals surface area contributed by atoms with Crippen LogP contribution in [-0.2, 0) is 0 Å². The van der Waals surface area contributed by atoms with Crippen molar-refractivity contribution in [2.24, 2.45) is 5.92 Å². The fourth-order valence-corrected chi connectivity index (χ4v) is 2.24. The zero-order chi connectivity index (χ0) is 10.7. The van der Waals surface area contributed by atoms with Crippen molar-refractivity contribution in [3.63, 3.8) is 0 Å². The number of nitrogens with one attached hydrogen (secondary N) is 1. The second kappa shape index (κ2) is 4.99. The summed E-state index contributed by atoms with van der Waals surface area (Å²) in [5.41, 5.74) is 0. The standard InChI is InChI=1S/C11H18ClN3/c1-2-5-13-6-9-3-4-11(9)15-8-10(12)7-14-15/h7-9,11,13H,2-6H2,1H3. The van der Waals surface area contributed by atoms with Gasteiger partial charge in [0.2, 0.25) is 0 Å². The average Bonchev–Trinajstić information content (AvgIpc) is 2.57. The number of rotatable bonds is 5. The highest BCUT2D eigenvalue weighted by atomic mass is 35.5. The molecule has 0 amide bonds. The molecular weight excluding hydrogens is 210 g/mol. The van der Waals surface area contributed by atoms with E-state index in [4.69, 9.17) is 11.6 Å². The lowest BCUT2D eigenvalue weighted by molar-refractivity contribution is 0.163. The molecule has 0 spiro atoms. The predicted octanol–water partition coefficient (Wildman–Crippen LogP) is 2.49. The Balaban J connectivity index is 1.83. The van der Waals surface area contributed by atoms with E-state index in [0.29, 0.717) is 6.04 Å². The highest BCUT2D eigenvalue weighted by molar-refractivity contribution is 6.30. The topological polar surface area (TPSA) is 29.9 Å². The SMILES string of the molecule is CCCNCC1CCC1n1cc(Cl)cn1. The van der Waals surface area contributed by atoms with Crippen LogP contribution in [0.15, 0.2) is 12.4 Å². The normalized spacial score (nSPS) is 25.2. The second-order valence-electron chi connectivity index (χ2n) is 4.25. The van der Waals surface area contributed by atoms with Crippen LogP contribution >= 0.6 is 11.6 Å². The van der Waals surface area contributed by atoms with Crippen molar-refractivity contribution in [2.75, 3.05) is 13.1 Å². The number of nitrogens with zero attached hydrogens (tertiary/aromatic N) is 2. The minimum Gasteiger partial charge on any atom is -0.316 e. The summed E-state index contributed by atoms with van der Waals surface area (Å²) in [5.74, 6) is 0.729. The van der Waals surface area contributed by atoms with Gasteiger partial charge >= 0.3 is 0 Å². The number of hydrogen-bond donors (Lipinski definition) is 1. The Kier molecular flexibility index (Phi) is 3.65. The van der Waals surface area contributed by atoms with E-state index < -0.39 is 0 Å². The molecule has 3 nitrogen and oxygen atoms in total. The molecule has 2 atom stereocenters. The molecule has 1 aromatic rings. The van der Waals surface area contributed by atoms with Crippen LogP contribution in [0.5, 0.6) is 0 Å². The molecule has 0 aromatic carbocycles. The Bertz CT molecular complexity index is 311. The molecule has 1 heterocycles. The van der Waals surface area contributed by atoms with Crippen molar-refractivity contribution in [1.29, 1.82) is 0 Å². The molecular formula is C11H18ClN3. The molecule has 1 aromatic heterocycles. The third-order valence-electron chi connectivity index (χ3n) is 3.12. The monoisotopic (exact) mass is 227 g/mol. The van der Waals surface area contributed by atoms with Crippen molar-refractivity contribution in [2.45, 2.75) is 32.2 Å². The first-order chi connectivity index (χ1) is 7.31. The van der Waals surface area contributed by atoms with Crippen LogP contribution in [0.1, 0.15) is 32.2 Å². The summed E-state index contributed by atoms with van der Waals surface area (Å²) in [6.45, 7) is 4.41. The Hall–Kier alpha value is -0.540. The van der Waals surface area contributed by atoms with Crippen LogP contribution < -0.4 is 5.32 Å². The van der Waals surface area contributed by atoms with Gasteiger partial charge in [-0.3, -0.25) is 4.68 Å². The van der Waals surface area contributed by atoms with E-state index in [0.717, 1.165) is 24.0 Å². The lowest BCUT2D eigenvalue weighted by atomic mass is 9.79. The van der Waals surface area contributed by atoms with E-state index in [1.165, 1.54) is 19.3 Å². The smallest absolute Gasteiger partial charge is 0.0785 e. The number of aromatic nitrogens is 2. The van der Waals surface area contributed by atoms with Crippen LogP contribution in [0.4, 0.5) is 0 Å². The van der Waals surface area contributed by atoms with Gasteiger partial charge < -0.3 is 5.32 Å². The van der Waals surface area contributed by atoms with Gasteiger partial charge in [0.15, 0.2) is 0 Å². The summed E-state index contributed by atoms with van der Waals surface area (Å²) in [6, 6.07) is 0.557. The number of hydrogen-bond acceptors (Lipinski definition) is 2. The molecule has 1 aliphatic carbocycles. The van der Waals surface area contributed by atoms with Gasteiger partial charge in [0.25, 0.3) is 0 Å². The molecule has 2 rings (SSSR count). The fourth-order valence-electron chi connectivity index (χ4n) is 2.10. The molecule has 15 heavy (non-hydrogen) atoms. The molecule has 1 fully saturated rings. The highest BCUT2D eigenvalue weighted by Gasteiger charge is 2.32. The van der Waals surface area contributed by atoms with Crippen LogP contribution in [0.2, 0.25) is 5.02 Å². The van der Waals surface area contributed by atoms with Gasteiger partial charge in [-0.2, -0.15) is 5.10 Å². The van der Waals surface area contributed by atoms with E-state index in [2.05, 4.69) is 17.3 Å². The average molecular weight is 228 g/mol. The van der Waals surface area contributed by atoms with Gasteiger partial charge in [0.05, 0.1) is 17.3 Å². The van der Waals surface area contributed by atoms with Gasteiger partial charge in [0.1, 0.15) is 0 Å². The van der Waals surface area contributed by atoms with Crippen molar-refractivity contribution in [3.8, 4) is 0 Å². The molecule has 0 bridgehead atoms. The quantitative estimate of drug-likeness (QED) is 0.784. The number of halogens is 1. The summed E-state index contributed by atoms with van der Waals surface area (Å²) < 4.78 is 2.02. The molecule has 2 unspecified atom stereocenters. The van der Waals surface area contributed by atoms with Crippen LogP contribution in [-0.4, -0.2) is 22.9 Å². The Morgan fingerprint density at radius 1 is 1.60 bits per heavy atom. The molecule has 1 N–H and O–H groups in total. The van der Waals surface area contributed by atoms with Crippen molar-refractivity contribution < 1.29 is 0 Å². The molecule has 1 saturated carbocycles. The van der Waals surface area contributed by atoms with Crippen molar-refractivity contribution in [1.82, 2.24) is 15.1 Å². The predicted molar refractivity (Wildman–Crippen MR) is 62.2 cm³/mol. The van der Waals surface area contributed by atoms with Gasteiger partial charge in [-0.05, 0) is 38.3 Å². The van der Waals surface area contributed by atoms with Crippen LogP contribution in [0.25, 0.3) is 0 Å². The third-order valence-corrected chi connectivity index (χ3v) is 3.32.